The Morgan fingerprint density at radius 3 is 2.28 bits per heavy atom. The minimum Gasteiger partial charge on any atom is -0.379 e. The summed E-state index contributed by atoms with van der Waals surface area (Å²) in [7, 11) is -3.70. The number of rotatable bonds is 5. The largest absolute Gasteiger partial charge is 0.379 e. The fourth-order valence-electron chi connectivity index (χ4n) is 3.69. The first-order valence-corrected chi connectivity index (χ1v) is 11.3. The Hall–Kier alpha value is -1.97. The van der Waals surface area contributed by atoms with E-state index in [0.29, 0.717) is 25.3 Å². The SMILES string of the molecule is CC1(C)CS(=O)(=O)N(c2ccc(C(=O)NCC(C)(C)N3CCOCC3)cc2)C1=O. The highest BCUT2D eigenvalue weighted by atomic mass is 32.2. The number of sulfonamides is 1. The molecule has 2 aliphatic rings. The fourth-order valence-corrected chi connectivity index (χ4v) is 5.80. The second kappa shape index (κ2) is 7.70. The minimum absolute atomic E-state index is 0.207. The van der Waals surface area contributed by atoms with Crippen LogP contribution in [0.25, 0.3) is 0 Å². The predicted octanol–water partition coefficient (Wildman–Crippen LogP) is 1.23. The average Bonchev–Trinajstić information content (AvgIpc) is 2.83. The second-order valence-electron chi connectivity index (χ2n) is 8.85. The molecule has 0 atom stereocenters. The van der Waals surface area contributed by atoms with Gasteiger partial charge in [-0.2, -0.15) is 0 Å². The van der Waals surface area contributed by atoms with E-state index in [2.05, 4.69) is 24.1 Å². The van der Waals surface area contributed by atoms with Gasteiger partial charge in [0, 0.05) is 30.7 Å². The molecule has 0 saturated carbocycles. The Morgan fingerprint density at radius 1 is 1.17 bits per heavy atom. The van der Waals surface area contributed by atoms with E-state index >= 15 is 0 Å². The van der Waals surface area contributed by atoms with Crippen LogP contribution in [-0.2, 0) is 19.6 Å². The molecule has 9 heteroatoms. The third-order valence-electron chi connectivity index (χ3n) is 5.50. The summed E-state index contributed by atoms with van der Waals surface area (Å²) in [5.74, 6) is -0.923. The standard InChI is InChI=1S/C20H29N3O5S/c1-19(2)14-29(26,27)23(18(19)25)16-7-5-15(6-8-16)17(24)21-13-20(3,4)22-9-11-28-12-10-22/h5-8H,9-14H2,1-4H3,(H,21,24). The highest BCUT2D eigenvalue weighted by Crippen LogP contribution is 2.35. The van der Waals surface area contributed by atoms with Gasteiger partial charge in [0.05, 0.1) is 30.1 Å². The average molecular weight is 424 g/mol. The topological polar surface area (TPSA) is 96.0 Å². The molecule has 2 fully saturated rings. The van der Waals surface area contributed by atoms with Crippen LogP contribution in [0.4, 0.5) is 5.69 Å². The fraction of sp³-hybridized carbons (Fsp3) is 0.600. The van der Waals surface area contributed by atoms with E-state index in [9.17, 15) is 18.0 Å². The van der Waals surface area contributed by atoms with Gasteiger partial charge < -0.3 is 10.1 Å². The van der Waals surface area contributed by atoms with Crippen LogP contribution < -0.4 is 9.62 Å². The maximum Gasteiger partial charge on any atom is 0.251 e. The number of carbonyl (C=O) groups excluding carboxylic acids is 2. The maximum absolute atomic E-state index is 12.5. The van der Waals surface area contributed by atoms with Crippen LogP contribution >= 0.6 is 0 Å². The molecule has 3 rings (SSSR count). The number of hydrogen-bond acceptors (Lipinski definition) is 6. The molecule has 8 nitrogen and oxygen atoms in total. The summed E-state index contributed by atoms with van der Waals surface area (Å²) in [6.07, 6.45) is 0. The molecule has 1 aromatic rings. The molecular weight excluding hydrogens is 394 g/mol. The van der Waals surface area contributed by atoms with E-state index < -0.39 is 21.3 Å². The quantitative estimate of drug-likeness (QED) is 0.765. The molecule has 1 N–H and O–H groups in total. The van der Waals surface area contributed by atoms with Crippen molar-refractivity contribution in [1.29, 1.82) is 0 Å². The van der Waals surface area contributed by atoms with Gasteiger partial charge in [0.25, 0.3) is 5.91 Å². The lowest BCUT2D eigenvalue weighted by Gasteiger charge is -2.40. The maximum atomic E-state index is 12.5. The third kappa shape index (κ3) is 4.46. The van der Waals surface area contributed by atoms with Crippen molar-refractivity contribution >= 4 is 27.5 Å². The zero-order chi connectivity index (χ0) is 21.4. The summed E-state index contributed by atoms with van der Waals surface area (Å²) in [5, 5.41) is 2.94. The lowest BCUT2D eigenvalue weighted by atomic mass is 9.95. The zero-order valence-corrected chi connectivity index (χ0v) is 18.2. The van der Waals surface area contributed by atoms with E-state index in [4.69, 9.17) is 4.74 Å². The molecule has 2 saturated heterocycles. The lowest BCUT2D eigenvalue weighted by molar-refractivity contribution is -0.123. The summed E-state index contributed by atoms with van der Waals surface area (Å²) in [5.41, 5.74) is -0.498. The normalized spacial score (nSPS) is 21.9. The minimum atomic E-state index is -3.70. The first-order valence-electron chi connectivity index (χ1n) is 9.73. The van der Waals surface area contributed by atoms with E-state index in [1.807, 2.05) is 0 Å². The molecule has 0 radical (unpaired) electrons. The van der Waals surface area contributed by atoms with E-state index in [1.165, 1.54) is 12.1 Å². The molecule has 0 aliphatic carbocycles. The monoisotopic (exact) mass is 423 g/mol. The Labute approximate surface area is 172 Å². The first-order chi connectivity index (χ1) is 13.4. The highest BCUT2D eigenvalue weighted by molar-refractivity contribution is 7.94. The summed E-state index contributed by atoms with van der Waals surface area (Å²) >= 11 is 0. The van der Waals surface area contributed by atoms with Gasteiger partial charge in [0.2, 0.25) is 15.9 Å². The van der Waals surface area contributed by atoms with Crippen LogP contribution in [0.5, 0.6) is 0 Å². The Kier molecular flexibility index (Phi) is 5.77. The van der Waals surface area contributed by atoms with Gasteiger partial charge in [-0.15, -0.1) is 0 Å². The number of ether oxygens (including phenoxy) is 1. The van der Waals surface area contributed by atoms with E-state index in [1.54, 1.807) is 26.0 Å². The van der Waals surface area contributed by atoms with Gasteiger partial charge in [-0.25, -0.2) is 12.7 Å². The molecule has 160 valence electrons. The Morgan fingerprint density at radius 2 is 1.76 bits per heavy atom. The van der Waals surface area contributed by atoms with Crippen LogP contribution in [0.15, 0.2) is 24.3 Å². The van der Waals surface area contributed by atoms with Crippen LogP contribution in [-0.4, -0.2) is 69.3 Å². The van der Waals surface area contributed by atoms with E-state index in [0.717, 1.165) is 17.4 Å². The smallest absolute Gasteiger partial charge is 0.251 e. The summed E-state index contributed by atoms with van der Waals surface area (Å²) in [6, 6.07) is 6.08. The molecular formula is C20H29N3O5S. The molecule has 2 amide bonds. The van der Waals surface area contributed by atoms with Gasteiger partial charge in [-0.05, 0) is 52.0 Å². The van der Waals surface area contributed by atoms with E-state index in [-0.39, 0.29) is 22.9 Å². The second-order valence-corrected chi connectivity index (χ2v) is 10.7. The molecule has 1 aromatic carbocycles. The van der Waals surface area contributed by atoms with Gasteiger partial charge in [0.1, 0.15) is 0 Å². The van der Waals surface area contributed by atoms with Crippen molar-refractivity contribution in [2.45, 2.75) is 33.2 Å². The first kappa shape index (κ1) is 21.7. The van der Waals surface area contributed by atoms with Crippen molar-refractivity contribution in [3.8, 4) is 0 Å². The zero-order valence-electron chi connectivity index (χ0n) is 17.4. The molecule has 2 aliphatic heterocycles. The Bertz CT molecular complexity index is 887. The number of anilines is 1. The van der Waals surface area contributed by atoms with Crippen molar-refractivity contribution in [3.63, 3.8) is 0 Å². The van der Waals surface area contributed by atoms with Crippen LogP contribution in [0, 0.1) is 5.41 Å². The number of nitrogens with zero attached hydrogens (tertiary/aromatic N) is 2. The summed E-state index contributed by atoms with van der Waals surface area (Å²) in [4.78, 5) is 27.3. The van der Waals surface area contributed by atoms with Crippen LogP contribution in [0.2, 0.25) is 0 Å². The van der Waals surface area contributed by atoms with Crippen molar-refractivity contribution in [1.82, 2.24) is 10.2 Å². The molecule has 0 bridgehead atoms. The highest BCUT2D eigenvalue weighted by Gasteiger charge is 2.49. The number of hydrogen-bond donors (Lipinski definition) is 1. The van der Waals surface area contributed by atoms with Crippen molar-refractivity contribution in [2.75, 3.05) is 42.9 Å². The summed E-state index contributed by atoms with van der Waals surface area (Å²) < 4.78 is 31.0. The molecule has 0 aromatic heterocycles. The van der Waals surface area contributed by atoms with Gasteiger partial charge in [0.15, 0.2) is 0 Å². The van der Waals surface area contributed by atoms with Crippen molar-refractivity contribution in [2.24, 2.45) is 5.41 Å². The van der Waals surface area contributed by atoms with Crippen LogP contribution in [0.3, 0.4) is 0 Å². The Balaban J connectivity index is 1.67. The number of amides is 2. The predicted molar refractivity (Wildman–Crippen MR) is 110 cm³/mol. The van der Waals surface area contributed by atoms with Gasteiger partial charge >= 0.3 is 0 Å². The number of benzene rings is 1. The number of nitrogens with one attached hydrogen (secondary N) is 1. The molecule has 29 heavy (non-hydrogen) atoms. The van der Waals surface area contributed by atoms with Crippen molar-refractivity contribution in [3.05, 3.63) is 29.8 Å². The summed E-state index contributed by atoms with van der Waals surface area (Å²) in [6.45, 7) is 10.9. The van der Waals surface area contributed by atoms with Crippen molar-refractivity contribution < 1.29 is 22.7 Å². The molecule has 2 heterocycles. The van der Waals surface area contributed by atoms with Gasteiger partial charge in [-0.3, -0.25) is 14.5 Å². The third-order valence-corrected chi connectivity index (χ3v) is 7.52. The molecule has 0 spiro atoms. The van der Waals surface area contributed by atoms with Crippen LogP contribution in [0.1, 0.15) is 38.1 Å². The molecule has 0 unspecified atom stereocenters. The lowest BCUT2D eigenvalue weighted by Crippen LogP contribution is -2.55. The number of carbonyl (C=O) groups is 2. The number of morpholine rings is 1. The van der Waals surface area contributed by atoms with Gasteiger partial charge in [-0.1, -0.05) is 0 Å².